The molecule has 1 heterocycles. The predicted octanol–water partition coefficient (Wildman–Crippen LogP) is 3.51. The minimum absolute atomic E-state index is 0.0557. The summed E-state index contributed by atoms with van der Waals surface area (Å²) in [4.78, 5) is 37.2. The van der Waals surface area contributed by atoms with E-state index >= 15 is 0 Å². The number of nitrogens with zero attached hydrogens (tertiary/aromatic N) is 1. The van der Waals surface area contributed by atoms with Gasteiger partial charge in [0.05, 0.1) is 0 Å². The van der Waals surface area contributed by atoms with E-state index in [0.717, 1.165) is 0 Å². The van der Waals surface area contributed by atoms with E-state index in [1.165, 1.54) is 12.1 Å². The van der Waals surface area contributed by atoms with Crippen molar-refractivity contribution in [2.24, 2.45) is 0 Å². The minimum Gasteiger partial charge on any atom is -0.480 e. The summed E-state index contributed by atoms with van der Waals surface area (Å²) in [5.74, 6) is -2.68. The molecule has 0 bridgehead atoms. The molecule has 0 fully saturated rings. The number of aliphatic carboxylic acids is 1. The summed E-state index contributed by atoms with van der Waals surface area (Å²) in [6.07, 6.45) is 1.51. The van der Waals surface area contributed by atoms with Gasteiger partial charge in [-0.05, 0) is 60.4 Å². The van der Waals surface area contributed by atoms with Crippen LogP contribution in [0.3, 0.4) is 0 Å². The van der Waals surface area contributed by atoms with Crippen LogP contribution in [0.1, 0.15) is 32.6 Å². The molecule has 0 unspecified atom stereocenters. The number of carboxylic acids is 1. The minimum atomic E-state index is -2.96. The number of amides is 2. The van der Waals surface area contributed by atoms with E-state index in [0.29, 0.717) is 27.2 Å². The summed E-state index contributed by atoms with van der Waals surface area (Å²) in [5.41, 5.74) is 2.17. The Bertz CT molecular complexity index is 1020. The maximum absolute atomic E-state index is 12.9. The number of halogens is 2. The standard InChI is InChI=1S/C21H17F2NO5/c1-11-7-13(8-12(2)18(11)29-21(22)23)9-16-14-5-3-4-6-15(14)19(27)24(20(16)28)10-17(25)26/h3-9,21H,10H2,1-2H3,(H,25,26)/b16-9-. The van der Waals surface area contributed by atoms with Gasteiger partial charge >= 0.3 is 12.6 Å². The number of alkyl halides is 2. The molecule has 1 aliphatic heterocycles. The lowest BCUT2D eigenvalue weighted by Gasteiger charge is -2.27. The Morgan fingerprint density at radius 1 is 1.10 bits per heavy atom. The first-order valence-electron chi connectivity index (χ1n) is 8.64. The Kier molecular flexibility index (Phi) is 5.45. The predicted molar refractivity (Wildman–Crippen MR) is 101 cm³/mol. The van der Waals surface area contributed by atoms with Crippen molar-refractivity contribution in [2.75, 3.05) is 6.54 Å². The number of ether oxygens (including phenoxy) is 1. The van der Waals surface area contributed by atoms with Crippen molar-refractivity contribution >= 4 is 29.4 Å². The highest BCUT2D eigenvalue weighted by molar-refractivity contribution is 6.34. The van der Waals surface area contributed by atoms with E-state index in [9.17, 15) is 23.2 Å². The smallest absolute Gasteiger partial charge is 0.387 e. The quantitative estimate of drug-likeness (QED) is 0.612. The lowest BCUT2D eigenvalue weighted by atomic mass is 9.91. The molecule has 6 nitrogen and oxygen atoms in total. The number of hydrogen-bond donors (Lipinski definition) is 1. The van der Waals surface area contributed by atoms with Crippen LogP contribution in [-0.4, -0.2) is 40.9 Å². The van der Waals surface area contributed by atoms with Gasteiger partial charge in [-0.3, -0.25) is 19.3 Å². The van der Waals surface area contributed by atoms with Crippen LogP contribution in [0.5, 0.6) is 5.75 Å². The summed E-state index contributed by atoms with van der Waals surface area (Å²) in [6, 6.07) is 9.55. The molecular formula is C21H17F2NO5. The highest BCUT2D eigenvalue weighted by Crippen LogP contribution is 2.32. The normalized spacial score (nSPS) is 15.1. The molecule has 0 spiro atoms. The SMILES string of the molecule is Cc1cc(/C=C2\C(=O)N(CC(=O)O)C(=O)c3ccccc32)cc(C)c1OC(F)F. The molecule has 1 aliphatic rings. The second kappa shape index (κ2) is 7.83. The fourth-order valence-electron chi connectivity index (χ4n) is 3.33. The summed E-state index contributed by atoms with van der Waals surface area (Å²) in [6.45, 7) is -0.519. The molecule has 0 radical (unpaired) electrons. The zero-order chi connectivity index (χ0) is 21.3. The fraction of sp³-hybridized carbons (Fsp3) is 0.190. The molecule has 1 N–H and O–H groups in total. The van der Waals surface area contributed by atoms with Crippen LogP contribution in [-0.2, 0) is 9.59 Å². The van der Waals surface area contributed by atoms with E-state index in [-0.39, 0.29) is 16.9 Å². The van der Waals surface area contributed by atoms with Crippen LogP contribution < -0.4 is 4.74 Å². The second-order valence-electron chi connectivity index (χ2n) is 6.56. The largest absolute Gasteiger partial charge is 0.480 e. The average molecular weight is 401 g/mol. The Labute approximate surface area is 165 Å². The molecule has 150 valence electrons. The third-order valence-electron chi connectivity index (χ3n) is 4.46. The molecule has 2 amide bonds. The topological polar surface area (TPSA) is 83.9 Å². The van der Waals surface area contributed by atoms with Gasteiger partial charge in [0.15, 0.2) is 0 Å². The highest BCUT2D eigenvalue weighted by Gasteiger charge is 2.35. The van der Waals surface area contributed by atoms with Crippen molar-refractivity contribution in [3.63, 3.8) is 0 Å². The van der Waals surface area contributed by atoms with Gasteiger partial charge < -0.3 is 9.84 Å². The van der Waals surface area contributed by atoms with E-state index in [4.69, 9.17) is 5.11 Å². The number of carbonyl (C=O) groups excluding carboxylic acids is 2. The molecule has 0 atom stereocenters. The van der Waals surface area contributed by atoms with Crippen molar-refractivity contribution in [1.29, 1.82) is 0 Å². The Balaban J connectivity index is 2.12. The number of benzene rings is 2. The molecule has 0 saturated carbocycles. The van der Waals surface area contributed by atoms with E-state index in [1.807, 2.05) is 0 Å². The lowest BCUT2D eigenvalue weighted by Crippen LogP contribution is -2.44. The summed E-state index contributed by atoms with van der Waals surface area (Å²) < 4.78 is 29.7. The molecule has 0 aromatic heterocycles. The van der Waals surface area contributed by atoms with Gasteiger partial charge in [0.2, 0.25) is 0 Å². The third-order valence-corrected chi connectivity index (χ3v) is 4.46. The number of imide groups is 1. The molecule has 2 aromatic rings. The van der Waals surface area contributed by atoms with Crippen molar-refractivity contribution in [3.05, 3.63) is 64.2 Å². The van der Waals surface area contributed by atoms with Crippen molar-refractivity contribution < 1.29 is 33.0 Å². The van der Waals surface area contributed by atoms with Gasteiger partial charge in [0.1, 0.15) is 12.3 Å². The van der Waals surface area contributed by atoms with E-state index < -0.39 is 30.9 Å². The number of hydrogen-bond acceptors (Lipinski definition) is 4. The molecule has 0 aliphatic carbocycles. The fourth-order valence-corrected chi connectivity index (χ4v) is 3.33. The average Bonchev–Trinajstić information content (AvgIpc) is 2.65. The zero-order valence-electron chi connectivity index (χ0n) is 15.6. The number of rotatable bonds is 5. The van der Waals surface area contributed by atoms with Crippen LogP contribution in [0.4, 0.5) is 8.78 Å². The Morgan fingerprint density at radius 3 is 2.24 bits per heavy atom. The summed E-state index contributed by atoms with van der Waals surface area (Å²) in [7, 11) is 0. The van der Waals surface area contributed by atoms with Gasteiger partial charge in [-0.2, -0.15) is 8.78 Å². The first kappa shape index (κ1) is 20.2. The second-order valence-corrected chi connectivity index (χ2v) is 6.56. The van der Waals surface area contributed by atoms with Crippen LogP contribution in [0, 0.1) is 13.8 Å². The lowest BCUT2D eigenvalue weighted by molar-refractivity contribution is -0.141. The number of carbonyl (C=O) groups is 3. The van der Waals surface area contributed by atoms with Gasteiger partial charge in [0.25, 0.3) is 11.8 Å². The molecule has 2 aromatic carbocycles. The first-order chi connectivity index (χ1) is 13.7. The third kappa shape index (κ3) is 4.01. The molecular weight excluding hydrogens is 384 g/mol. The van der Waals surface area contributed by atoms with Crippen molar-refractivity contribution in [3.8, 4) is 5.75 Å². The molecule has 8 heteroatoms. The molecule has 3 rings (SSSR count). The van der Waals surface area contributed by atoms with Crippen LogP contribution in [0.15, 0.2) is 36.4 Å². The summed E-state index contributed by atoms with van der Waals surface area (Å²) in [5, 5.41) is 9.06. The number of carboxylic acid groups (broad SMARTS) is 1. The monoisotopic (exact) mass is 401 g/mol. The summed E-state index contributed by atoms with van der Waals surface area (Å²) >= 11 is 0. The highest BCUT2D eigenvalue weighted by atomic mass is 19.3. The van der Waals surface area contributed by atoms with Crippen LogP contribution in [0.25, 0.3) is 11.6 Å². The van der Waals surface area contributed by atoms with Crippen molar-refractivity contribution in [1.82, 2.24) is 4.90 Å². The number of fused-ring (bicyclic) bond motifs is 1. The first-order valence-corrected chi connectivity index (χ1v) is 8.64. The van der Waals surface area contributed by atoms with Crippen molar-refractivity contribution in [2.45, 2.75) is 20.5 Å². The van der Waals surface area contributed by atoms with Crippen LogP contribution >= 0.6 is 0 Å². The van der Waals surface area contributed by atoms with E-state index in [2.05, 4.69) is 4.74 Å². The van der Waals surface area contributed by atoms with Crippen LogP contribution in [0.2, 0.25) is 0 Å². The zero-order valence-corrected chi connectivity index (χ0v) is 15.6. The number of aryl methyl sites for hydroxylation is 2. The van der Waals surface area contributed by atoms with E-state index in [1.54, 1.807) is 44.2 Å². The molecule has 29 heavy (non-hydrogen) atoms. The molecule has 0 saturated heterocycles. The van der Waals surface area contributed by atoms with Gasteiger partial charge in [0, 0.05) is 11.1 Å². The Morgan fingerprint density at radius 2 is 1.69 bits per heavy atom. The van der Waals surface area contributed by atoms with Gasteiger partial charge in [-0.25, -0.2) is 0 Å². The maximum atomic E-state index is 12.9. The van der Waals surface area contributed by atoms with Gasteiger partial charge in [-0.15, -0.1) is 0 Å². The van der Waals surface area contributed by atoms with Gasteiger partial charge in [-0.1, -0.05) is 18.2 Å². The Hall–Kier alpha value is -3.55. The maximum Gasteiger partial charge on any atom is 0.387 e.